The second-order valence-electron chi connectivity index (χ2n) is 9.67. The summed E-state index contributed by atoms with van der Waals surface area (Å²) in [7, 11) is 0. The predicted molar refractivity (Wildman–Crippen MR) is 106 cm³/mol. The SMILES string of the molecule is CC(C)n1nc(-c2cnc3[nH]cc(C(F)(F)F)c3c2)cc1[C@]12C3[C@@H]1[C@@H]2CN3C1COC1. The predicted octanol–water partition coefficient (Wildman–Crippen LogP) is 3.61. The molecule has 1 N–H and O–H groups in total. The Morgan fingerprint density at radius 1 is 1.26 bits per heavy atom. The Balaban J connectivity index is 1.29. The van der Waals surface area contributed by atoms with Crippen LogP contribution in [-0.4, -0.2) is 56.5 Å². The van der Waals surface area contributed by atoms with Crippen LogP contribution in [0.3, 0.4) is 0 Å². The molecule has 3 saturated heterocycles. The third-order valence-electron chi connectivity index (χ3n) is 7.87. The number of piperidine rings is 1. The molecule has 3 aromatic heterocycles. The molecule has 2 saturated carbocycles. The Morgan fingerprint density at radius 2 is 2.06 bits per heavy atom. The molecule has 3 aromatic rings. The van der Waals surface area contributed by atoms with E-state index in [0.717, 1.165) is 26.0 Å². The lowest BCUT2D eigenvalue weighted by molar-refractivity contribution is -0.136. The van der Waals surface area contributed by atoms with Crippen LogP contribution in [0, 0.1) is 11.8 Å². The highest BCUT2D eigenvalue weighted by molar-refractivity contribution is 5.84. The molecule has 2 aliphatic carbocycles. The summed E-state index contributed by atoms with van der Waals surface area (Å²) in [6.45, 7) is 6.97. The van der Waals surface area contributed by atoms with Gasteiger partial charge in [-0.1, -0.05) is 0 Å². The quantitative estimate of drug-likeness (QED) is 0.689. The van der Waals surface area contributed by atoms with Crippen molar-refractivity contribution < 1.29 is 17.9 Å². The van der Waals surface area contributed by atoms with Crippen molar-refractivity contribution >= 4 is 11.0 Å². The minimum Gasteiger partial charge on any atom is -0.378 e. The van der Waals surface area contributed by atoms with Crippen molar-refractivity contribution in [2.24, 2.45) is 11.8 Å². The number of aromatic nitrogens is 4. The lowest BCUT2D eigenvalue weighted by atomic mass is 10.0. The minimum absolute atomic E-state index is 0.0794. The monoisotopic (exact) mass is 429 g/mol. The average molecular weight is 429 g/mol. The Kier molecular flexibility index (Phi) is 3.23. The summed E-state index contributed by atoms with van der Waals surface area (Å²) in [5, 5.41) is 4.92. The van der Waals surface area contributed by atoms with E-state index in [1.165, 1.54) is 5.69 Å². The second-order valence-corrected chi connectivity index (χ2v) is 9.67. The summed E-state index contributed by atoms with van der Waals surface area (Å²) in [5.74, 6) is 1.36. The molecule has 0 spiro atoms. The molecular weight excluding hydrogens is 407 g/mol. The standard InChI is InChI=1S/C22H22F3N5O/c1-10(2)30-17(21-15-7-29(12-8-31-9-12)19(21)18(15)21)4-16(28-30)11-3-13-14(22(23,24)25)6-27-20(13)26-5-11/h3-6,10,12,15,18-19H,7-9H2,1-2H3,(H,26,27)/t15-,18-,19?,21-/m0/s1. The summed E-state index contributed by atoms with van der Waals surface area (Å²) in [5.41, 5.74) is 2.25. The van der Waals surface area contributed by atoms with Crippen LogP contribution >= 0.6 is 0 Å². The molecule has 4 atom stereocenters. The normalized spacial score (nSPS) is 32.0. The highest BCUT2D eigenvalue weighted by Crippen LogP contribution is 2.86. The second kappa shape index (κ2) is 5.50. The molecule has 162 valence electrons. The summed E-state index contributed by atoms with van der Waals surface area (Å²) in [6.07, 6.45) is -1.84. The lowest BCUT2D eigenvalue weighted by Gasteiger charge is -2.34. The topological polar surface area (TPSA) is 59.0 Å². The van der Waals surface area contributed by atoms with Gasteiger partial charge in [0.05, 0.1) is 30.5 Å². The number of pyridine rings is 1. The minimum atomic E-state index is -4.43. The van der Waals surface area contributed by atoms with E-state index in [1.54, 1.807) is 12.3 Å². The maximum atomic E-state index is 13.4. The van der Waals surface area contributed by atoms with E-state index in [2.05, 4.69) is 39.5 Å². The van der Waals surface area contributed by atoms with E-state index < -0.39 is 11.7 Å². The van der Waals surface area contributed by atoms with Gasteiger partial charge in [0, 0.05) is 53.1 Å². The molecule has 6 heterocycles. The highest BCUT2D eigenvalue weighted by atomic mass is 19.4. The van der Waals surface area contributed by atoms with Gasteiger partial charge in [-0.15, -0.1) is 0 Å². The van der Waals surface area contributed by atoms with Gasteiger partial charge < -0.3 is 9.72 Å². The first-order chi connectivity index (χ1) is 14.8. The molecule has 5 fully saturated rings. The summed E-state index contributed by atoms with van der Waals surface area (Å²) >= 11 is 0. The summed E-state index contributed by atoms with van der Waals surface area (Å²) in [6, 6.07) is 4.93. The van der Waals surface area contributed by atoms with Crippen molar-refractivity contribution in [3.05, 3.63) is 35.8 Å². The van der Waals surface area contributed by atoms with Crippen LogP contribution in [-0.2, 0) is 16.3 Å². The van der Waals surface area contributed by atoms with E-state index >= 15 is 0 Å². The zero-order chi connectivity index (χ0) is 21.3. The van der Waals surface area contributed by atoms with Crippen LogP contribution in [0.25, 0.3) is 22.3 Å². The number of fused-ring (bicyclic) bond motifs is 2. The highest BCUT2D eigenvalue weighted by Gasteiger charge is 2.94. The van der Waals surface area contributed by atoms with Crippen molar-refractivity contribution in [2.75, 3.05) is 19.8 Å². The fraction of sp³-hybridized carbons (Fsp3) is 0.545. The number of rotatable bonds is 4. The molecule has 0 radical (unpaired) electrons. The maximum absolute atomic E-state index is 13.4. The van der Waals surface area contributed by atoms with E-state index in [0.29, 0.717) is 35.2 Å². The molecule has 9 heteroatoms. The van der Waals surface area contributed by atoms with Crippen molar-refractivity contribution in [1.29, 1.82) is 0 Å². The zero-order valence-corrected chi connectivity index (χ0v) is 17.1. The van der Waals surface area contributed by atoms with E-state index in [1.807, 2.05) is 0 Å². The van der Waals surface area contributed by atoms with Crippen LogP contribution in [0.5, 0.6) is 0 Å². The van der Waals surface area contributed by atoms with Gasteiger partial charge in [0.2, 0.25) is 0 Å². The number of halogens is 3. The first kappa shape index (κ1) is 18.2. The smallest absolute Gasteiger partial charge is 0.378 e. The first-order valence-corrected chi connectivity index (χ1v) is 10.8. The van der Waals surface area contributed by atoms with Gasteiger partial charge in [0.25, 0.3) is 0 Å². The van der Waals surface area contributed by atoms with Gasteiger partial charge in [0.1, 0.15) is 5.65 Å². The molecule has 1 unspecified atom stereocenters. The van der Waals surface area contributed by atoms with Crippen molar-refractivity contribution in [2.45, 2.75) is 43.6 Å². The van der Waals surface area contributed by atoms with Crippen LogP contribution in [0.15, 0.2) is 24.5 Å². The largest absolute Gasteiger partial charge is 0.418 e. The molecule has 3 aliphatic heterocycles. The Bertz CT molecular complexity index is 1220. The molecular formula is C22H22F3N5O. The molecule has 0 aromatic carbocycles. The lowest BCUT2D eigenvalue weighted by Crippen LogP contribution is -2.48. The van der Waals surface area contributed by atoms with Gasteiger partial charge in [-0.2, -0.15) is 18.3 Å². The van der Waals surface area contributed by atoms with E-state index in [9.17, 15) is 13.2 Å². The molecule has 5 aliphatic rings. The third-order valence-corrected chi connectivity index (χ3v) is 7.87. The van der Waals surface area contributed by atoms with Gasteiger partial charge in [-0.3, -0.25) is 9.58 Å². The van der Waals surface area contributed by atoms with Gasteiger partial charge >= 0.3 is 6.18 Å². The average Bonchev–Trinajstić information content (AvgIpc) is 3.15. The van der Waals surface area contributed by atoms with Gasteiger partial charge in [-0.25, -0.2) is 4.98 Å². The Hall–Kier alpha value is -2.39. The number of H-pyrrole nitrogens is 1. The van der Waals surface area contributed by atoms with Crippen LogP contribution in [0.4, 0.5) is 13.2 Å². The fourth-order valence-electron chi connectivity index (χ4n) is 6.27. The van der Waals surface area contributed by atoms with Crippen molar-refractivity contribution in [3.8, 4) is 11.3 Å². The number of ether oxygens (including phenoxy) is 1. The van der Waals surface area contributed by atoms with Crippen LogP contribution < -0.4 is 0 Å². The number of nitrogens with one attached hydrogen (secondary N) is 1. The van der Waals surface area contributed by atoms with Crippen molar-refractivity contribution in [1.82, 2.24) is 24.6 Å². The number of hydrogen-bond donors (Lipinski definition) is 1. The molecule has 8 rings (SSSR count). The number of nitrogens with zero attached hydrogens (tertiary/aromatic N) is 4. The molecule has 6 nitrogen and oxygen atoms in total. The molecule has 2 bridgehead atoms. The van der Waals surface area contributed by atoms with Crippen LogP contribution in [0.1, 0.15) is 31.1 Å². The number of aromatic amines is 1. The van der Waals surface area contributed by atoms with Crippen LogP contribution in [0.2, 0.25) is 0 Å². The fourth-order valence-corrected chi connectivity index (χ4v) is 6.27. The van der Waals surface area contributed by atoms with E-state index in [4.69, 9.17) is 9.84 Å². The number of hydrogen-bond acceptors (Lipinski definition) is 4. The third kappa shape index (κ3) is 2.16. The Morgan fingerprint density at radius 3 is 2.71 bits per heavy atom. The summed E-state index contributed by atoms with van der Waals surface area (Å²) in [4.78, 5) is 9.47. The Labute approximate surface area is 176 Å². The van der Waals surface area contributed by atoms with Crippen molar-refractivity contribution in [3.63, 3.8) is 0 Å². The molecule has 31 heavy (non-hydrogen) atoms. The first-order valence-electron chi connectivity index (χ1n) is 10.8. The van der Waals surface area contributed by atoms with Gasteiger partial charge in [-0.05, 0) is 37.8 Å². The molecule has 0 amide bonds. The maximum Gasteiger partial charge on any atom is 0.418 e. The van der Waals surface area contributed by atoms with E-state index in [-0.39, 0.29) is 22.5 Å². The summed E-state index contributed by atoms with van der Waals surface area (Å²) < 4.78 is 47.6. The zero-order valence-electron chi connectivity index (χ0n) is 17.1. The van der Waals surface area contributed by atoms with Gasteiger partial charge in [0.15, 0.2) is 0 Å². The number of alkyl halides is 3.